The van der Waals surface area contributed by atoms with Crippen LogP contribution in [0.25, 0.3) is 5.00 Å². The molecule has 5 aromatic rings. The van der Waals surface area contributed by atoms with Crippen molar-refractivity contribution >= 4 is 52.3 Å². The summed E-state index contributed by atoms with van der Waals surface area (Å²) in [5.74, 6) is 12.3. The fourth-order valence-corrected chi connectivity index (χ4v) is 7.98. The van der Waals surface area contributed by atoms with Crippen LogP contribution in [0.2, 0.25) is 5.02 Å². The van der Waals surface area contributed by atoms with Gasteiger partial charge in [0.25, 0.3) is 11.8 Å². The minimum atomic E-state index is -1.00. The predicted octanol–water partition coefficient (Wildman–Crippen LogP) is 4.78. The van der Waals surface area contributed by atoms with Crippen molar-refractivity contribution in [3.05, 3.63) is 115 Å². The Labute approximate surface area is 312 Å². The molecule has 0 aliphatic carbocycles. The van der Waals surface area contributed by atoms with Crippen LogP contribution in [-0.2, 0) is 22.7 Å². The molecule has 1 fully saturated rings. The van der Waals surface area contributed by atoms with Gasteiger partial charge in [-0.3, -0.25) is 43.6 Å². The van der Waals surface area contributed by atoms with Gasteiger partial charge in [-0.2, -0.15) is 5.10 Å². The quantitative estimate of drug-likeness (QED) is 0.155. The minimum absolute atomic E-state index is 0.0691. The molecule has 3 aliphatic heterocycles. The summed E-state index contributed by atoms with van der Waals surface area (Å²) in [6.45, 7) is 5.05. The summed E-state index contributed by atoms with van der Waals surface area (Å²) in [5.41, 5.74) is 5.69. The molecule has 0 radical (unpaired) electrons. The van der Waals surface area contributed by atoms with Crippen LogP contribution >= 0.6 is 22.9 Å². The molecular formula is C39H29ClN8O4S. The van der Waals surface area contributed by atoms with E-state index >= 15 is 0 Å². The highest BCUT2D eigenvalue weighted by Crippen LogP contribution is 2.36. The highest BCUT2D eigenvalue weighted by Gasteiger charge is 2.44. The SMILES string of the molecule is Cc1c(C#Cc2cnn(CCCC#Cc3ccc4c(c3)C(=O)N(C3CCC(=O)NC3=O)C4=O)c2)sc2c1C(c1ccc(Cl)cc1)=NCc1nnc(C)n1-2. The first-order valence-corrected chi connectivity index (χ1v) is 18.1. The minimum Gasteiger partial charge on any atom is -0.295 e. The summed E-state index contributed by atoms with van der Waals surface area (Å²) < 4.78 is 3.90. The number of fused-ring (bicyclic) bond motifs is 4. The average molecular weight is 741 g/mol. The molecule has 1 saturated heterocycles. The Hall–Kier alpha value is -6.15. The highest BCUT2D eigenvalue weighted by atomic mass is 35.5. The standard InChI is InChI=1S/C39H29ClN8O4S/c1-22-31(53-39-34(22)35(26-9-11-27(40)12-10-26)41-20-32-45-44-23(2)47(32)39)15-8-25-19-42-46(21-25)17-5-3-4-6-24-7-13-28-29(18-24)38(52)48(37(28)51)30-14-16-33(49)43-36(30)50/h7,9-13,18-19,21,30H,3,5,14,16-17,20H2,1-2H3,(H,43,49,50). The number of aromatic nitrogens is 5. The Kier molecular flexibility index (Phi) is 8.82. The average Bonchev–Trinajstić information content (AvgIpc) is 3.87. The molecular weight excluding hydrogens is 712 g/mol. The number of rotatable bonds is 5. The molecule has 2 aromatic carbocycles. The third kappa shape index (κ3) is 6.35. The number of amides is 4. The molecule has 262 valence electrons. The number of hydrogen-bond acceptors (Lipinski definition) is 9. The molecule has 8 rings (SSSR count). The number of hydrogen-bond donors (Lipinski definition) is 1. The number of piperidine rings is 1. The normalized spacial score (nSPS) is 16.1. The molecule has 3 aromatic heterocycles. The van der Waals surface area contributed by atoms with Gasteiger partial charge in [0.1, 0.15) is 23.4 Å². The number of benzene rings is 2. The largest absolute Gasteiger partial charge is 0.295 e. The molecule has 1 N–H and O–H groups in total. The van der Waals surface area contributed by atoms with Gasteiger partial charge >= 0.3 is 0 Å². The van der Waals surface area contributed by atoms with Crippen LogP contribution in [0.15, 0.2) is 59.9 Å². The highest BCUT2D eigenvalue weighted by molar-refractivity contribution is 7.15. The topological polar surface area (TPSA) is 144 Å². The van der Waals surface area contributed by atoms with Crippen molar-refractivity contribution in [2.75, 3.05) is 0 Å². The van der Waals surface area contributed by atoms with Crippen LogP contribution in [0.4, 0.5) is 0 Å². The van der Waals surface area contributed by atoms with E-state index in [1.165, 1.54) is 0 Å². The van der Waals surface area contributed by atoms with Crippen LogP contribution in [0.5, 0.6) is 0 Å². The summed E-state index contributed by atoms with van der Waals surface area (Å²) in [6.07, 6.45) is 5.15. The number of aryl methyl sites for hydroxylation is 2. The number of imide groups is 2. The molecule has 14 heteroatoms. The van der Waals surface area contributed by atoms with Gasteiger partial charge < -0.3 is 0 Å². The second-order valence-electron chi connectivity index (χ2n) is 12.8. The van der Waals surface area contributed by atoms with E-state index in [1.807, 2.05) is 42.1 Å². The van der Waals surface area contributed by atoms with Gasteiger partial charge in [0.05, 0.1) is 33.5 Å². The van der Waals surface area contributed by atoms with Crippen molar-refractivity contribution < 1.29 is 19.2 Å². The van der Waals surface area contributed by atoms with Crippen molar-refractivity contribution in [3.8, 4) is 28.7 Å². The Morgan fingerprint density at radius 1 is 0.962 bits per heavy atom. The summed E-state index contributed by atoms with van der Waals surface area (Å²) in [4.78, 5) is 56.7. The van der Waals surface area contributed by atoms with Crippen molar-refractivity contribution in [2.45, 2.75) is 58.7 Å². The van der Waals surface area contributed by atoms with Crippen molar-refractivity contribution in [2.24, 2.45) is 4.99 Å². The lowest BCUT2D eigenvalue weighted by molar-refractivity contribution is -0.136. The summed E-state index contributed by atoms with van der Waals surface area (Å²) in [7, 11) is 0. The molecule has 4 amide bonds. The molecule has 1 unspecified atom stereocenters. The van der Waals surface area contributed by atoms with Crippen LogP contribution in [0, 0.1) is 37.5 Å². The number of carbonyl (C=O) groups is 4. The van der Waals surface area contributed by atoms with Crippen molar-refractivity contribution in [1.82, 2.24) is 34.8 Å². The number of nitrogens with zero attached hydrogens (tertiary/aromatic N) is 7. The number of aliphatic imine (C=N–C) groups is 1. The van der Waals surface area contributed by atoms with Gasteiger partial charge in [-0.1, -0.05) is 47.4 Å². The van der Waals surface area contributed by atoms with Crippen molar-refractivity contribution in [1.29, 1.82) is 0 Å². The third-order valence-electron chi connectivity index (χ3n) is 9.27. The Bertz CT molecular complexity index is 2540. The fourth-order valence-electron chi connectivity index (χ4n) is 6.62. The van der Waals surface area contributed by atoms with E-state index in [2.05, 4.69) is 55.8 Å². The smallest absolute Gasteiger partial charge is 0.262 e. The molecule has 3 aliphatic rings. The zero-order chi connectivity index (χ0) is 36.8. The summed E-state index contributed by atoms with van der Waals surface area (Å²) in [5, 5.41) is 17.0. The zero-order valence-corrected chi connectivity index (χ0v) is 30.1. The molecule has 1 atom stereocenters. The van der Waals surface area contributed by atoms with E-state index in [0.29, 0.717) is 30.1 Å². The third-order valence-corrected chi connectivity index (χ3v) is 10.7. The van der Waals surface area contributed by atoms with Gasteiger partial charge in [0, 0.05) is 47.3 Å². The predicted molar refractivity (Wildman–Crippen MR) is 197 cm³/mol. The van der Waals surface area contributed by atoms with Gasteiger partial charge in [-0.05, 0) is 62.6 Å². The van der Waals surface area contributed by atoms with Crippen LogP contribution in [0.3, 0.4) is 0 Å². The van der Waals surface area contributed by atoms with Crippen molar-refractivity contribution in [3.63, 3.8) is 0 Å². The Morgan fingerprint density at radius 3 is 2.58 bits per heavy atom. The molecule has 0 bridgehead atoms. The number of carbonyl (C=O) groups excluding carboxylic acids is 4. The Morgan fingerprint density at radius 2 is 1.77 bits per heavy atom. The molecule has 53 heavy (non-hydrogen) atoms. The number of unbranched alkanes of at least 4 members (excludes halogenated alkanes) is 1. The monoisotopic (exact) mass is 740 g/mol. The van der Waals surface area contributed by atoms with E-state index in [-0.39, 0.29) is 24.0 Å². The molecule has 6 heterocycles. The van der Waals surface area contributed by atoms with Crippen LogP contribution in [0.1, 0.15) is 90.7 Å². The number of thiophene rings is 1. The van der Waals surface area contributed by atoms with Crippen LogP contribution in [-0.4, -0.2) is 64.8 Å². The van der Waals surface area contributed by atoms with Gasteiger partial charge in [-0.25, -0.2) is 0 Å². The fraction of sp³-hybridized carbons (Fsp3) is 0.231. The Balaban J connectivity index is 0.929. The van der Waals surface area contributed by atoms with Gasteiger partial charge in [0.15, 0.2) is 5.82 Å². The second kappa shape index (κ2) is 13.8. The number of nitrogens with one attached hydrogen (secondary N) is 1. The van der Waals surface area contributed by atoms with E-state index in [9.17, 15) is 19.2 Å². The first-order chi connectivity index (χ1) is 25.7. The first kappa shape index (κ1) is 34.0. The number of halogens is 1. The maximum absolute atomic E-state index is 13.1. The lowest BCUT2D eigenvalue weighted by Gasteiger charge is -2.27. The molecule has 0 spiro atoms. The summed E-state index contributed by atoms with van der Waals surface area (Å²) >= 11 is 7.78. The van der Waals surface area contributed by atoms with Gasteiger partial charge in [-0.15, -0.1) is 21.5 Å². The summed E-state index contributed by atoms with van der Waals surface area (Å²) in [6, 6.07) is 11.5. The lowest BCUT2D eigenvalue weighted by atomic mass is 10.00. The maximum Gasteiger partial charge on any atom is 0.262 e. The van der Waals surface area contributed by atoms with E-state index in [4.69, 9.17) is 16.6 Å². The molecule has 12 nitrogen and oxygen atoms in total. The molecule has 0 saturated carbocycles. The van der Waals surface area contributed by atoms with E-state index in [0.717, 1.165) is 60.8 Å². The van der Waals surface area contributed by atoms with E-state index in [1.54, 1.807) is 35.7 Å². The van der Waals surface area contributed by atoms with Gasteiger partial charge in [0.2, 0.25) is 11.8 Å². The first-order valence-electron chi connectivity index (χ1n) is 16.9. The van der Waals surface area contributed by atoms with E-state index < -0.39 is 29.7 Å². The lowest BCUT2D eigenvalue weighted by Crippen LogP contribution is -2.54. The maximum atomic E-state index is 13.1. The van der Waals surface area contributed by atoms with Crippen LogP contribution < -0.4 is 5.32 Å². The zero-order valence-electron chi connectivity index (χ0n) is 28.6. The second-order valence-corrected chi connectivity index (χ2v) is 14.2.